The van der Waals surface area contributed by atoms with E-state index in [0.717, 1.165) is 18.6 Å². The zero-order chi connectivity index (χ0) is 14.2. The number of benzene rings is 1. The van der Waals surface area contributed by atoms with Gasteiger partial charge in [0.05, 0.1) is 12.2 Å². The van der Waals surface area contributed by atoms with Crippen molar-refractivity contribution >= 4 is 11.8 Å². The van der Waals surface area contributed by atoms with Gasteiger partial charge in [-0.25, -0.2) is 13.6 Å². The fraction of sp³-hybridized carbons (Fsp3) is 0.500. The summed E-state index contributed by atoms with van der Waals surface area (Å²) >= 11 is 0. The van der Waals surface area contributed by atoms with Crippen LogP contribution in [0.15, 0.2) is 18.2 Å². The number of ether oxygens (including phenoxy) is 1. The summed E-state index contributed by atoms with van der Waals surface area (Å²) in [5.41, 5.74) is 0.356. The van der Waals surface area contributed by atoms with E-state index in [4.69, 9.17) is 4.74 Å². The van der Waals surface area contributed by atoms with Gasteiger partial charge in [-0.1, -0.05) is 20.8 Å². The molecule has 0 radical (unpaired) electrons. The second-order valence-electron chi connectivity index (χ2n) is 5.98. The van der Waals surface area contributed by atoms with Gasteiger partial charge in [0, 0.05) is 6.07 Å². The van der Waals surface area contributed by atoms with Gasteiger partial charge in [0.15, 0.2) is 11.6 Å². The number of amides is 1. The molecule has 1 aromatic rings. The lowest BCUT2D eigenvalue weighted by Gasteiger charge is -2.21. The maximum atomic E-state index is 13.2. The summed E-state index contributed by atoms with van der Waals surface area (Å²) in [6, 6.07) is 3.39. The average Bonchev–Trinajstić information content (AvgIpc) is 2.61. The van der Waals surface area contributed by atoms with Gasteiger partial charge in [-0.3, -0.25) is 4.90 Å². The number of carbonyl (C=O) groups is 1. The molecule has 0 bridgehead atoms. The van der Waals surface area contributed by atoms with Crippen molar-refractivity contribution in [3.05, 3.63) is 29.8 Å². The van der Waals surface area contributed by atoms with E-state index in [1.165, 1.54) is 11.0 Å². The Morgan fingerprint density at radius 1 is 1.32 bits per heavy atom. The monoisotopic (exact) mass is 269 g/mol. The first kappa shape index (κ1) is 13.8. The minimum Gasteiger partial charge on any atom is -0.444 e. The normalized spacial score (nSPS) is 19.7. The first-order valence-electron chi connectivity index (χ1n) is 6.19. The number of halogens is 2. The second-order valence-corrected chi connectivity index (χ2v) is 5.98. The van der Waals surface area contributed by atoms with Crippen LogP contribution in [0.2, 0.25) is 0 Å². The largest absolute Gasteiger partial charge is 0.444 e. The van der Waals surface area contributed by atoms with Gasteiger partial charge < -0.3 is 4.74 Å². The molecule has 0 spiro atoms. The highest BCUT2D eigenvalue weighted by atomic mass is 19.2. The highest BCUT2D eigenvalue weighted by Crippen LogP contribution is 2.29. The molecule has 1 atom stereocenters. The summed E-state index contributed by atoms with van der Waals surface area (Å²) in [5, 5.41) is 0. The highest BCUT2D eigenvalue weighted by Gasteiger charge is 2.34. The molecule has 3 nitrogen and oxygen atoms in total. The van der Waals surface area contributed by atoms with Gasteiger partial charge >= 0.3 is 6.09 Å². The van der Waals surface area contributed by atoms with Gasteiger partial charge in [0.2, 0.25) is 0 Å². The second kappa shape index (κ2) is 4.79. The Morgan fingerprint density at radius 3 is 2.58 bits per heavy atom. The van der Waals surface area contributed by atoms with E-state index in [1.54, 1.807) is 0 Å². The van der Waals surface area contributed by atoms with Crippen LogP contribution >= 0.6 is 0 Å². The quantitative estimate of drug-likeness (QED) is 0.818. The summed E-state index contributed by atoms with van der Waals surface area (Å²) in [4.78, 5) is 13.1. The van der Waals surface area contributed by atoms with Crippen molar-refractivity contribution in [2.75, 3.05) is 11.4 Å². The Balaban J connectivity index is 2.13. The average molecular weight is 269 g/mol. The number of carbonyl (C=O) groups excluding carboxylic acids is 1. The zero-order valence-electron chi connectivity index (χ0n) is 11.2. The van der Waals surface area contributed by atoms with E-state index >= 15 is 0 Å². The Kier molecular flexibility index (Phi) is 3.47. The molecule has 0 aromatic heterocycles. The lowest BCUT2D eigenvalue weighted by Crippen LogP contribution is -2.26. The predicted molar refractivity (Wildman–Crippen MR) is 68.0 cm³/mol. The van der Waals surface area contributed by atoms with Gasteiger partial charge in [-0.2, -0.15) is 0 Å². The molecule has 0 saturated carbocycles. The van der Waals surface area contributed by atoms with Crippen LogP contribution < -0.4 is 4.90 Å². The molecule has 19 heavy (non-hydrogen) atoms. The SMILES string of the molecule is CC(C)(C)C[C@@H]1CN(c2ccc(F)c(F)c2)C(=O)O1. The molecule has 0 unspecified atom stereocenters. The molecule has 2 rings (SSSR count). The van der Waals surface area contributed by atoms with Crippen LogP contribution in [0.25, 0.3) is 0 Å². The lowest BCUT2D eigenvalue weighted by molar-refractivity contribution is 0.114. The van der Waals surface area contributed by atoms with Gasteiger partial charge in [0.1, 0.15) is 6.10 Å². The predicted octanol–water partition coefficient (Wildman–Crippen LogP) is 3.73. The van der Waals surface area contributed by atoms with Crippen LogP contribution in [-0.4, -0.2) is 18.7 Å². The number of rotatable bonds is 2. The van der Waals surface area contributed by atoms with Crippen molar-refractivity contribution in [3.63, 3.8) is 0 Å². The zero-order valence-corrected chi connectivity index (χ0v) is 11.2. The van der Waals surface area contributed by atoms with Crippen molar-refractivity contribution in [2.24, 2.45) is 5.41 Å². The summed E-state index contributed by atoms with van der Waals surface area (Å²) in [6.45, 7) is 6.53. The Morgan fingerprint density at radius 2 is 2.00 bits per heavy atom. The Labute approximate surface area is 111 Å². The number of anilines is 1. The molecule has 1 heterocycles. The molecule has 0 aliphatic carbocycles. The molecular weight excluding hydrogens is 252 g/mol. The van der Waals surface area contributed by atoms with Crippen molar-refractivity contribution in [2.45, 2.75) is 33.3 Å². The minimum atomic E-state index is -0.968. The summed E-state index contributed by atoms with van der Waals surface area (Å²) < 4.78 is 31.3. The number of cyclic esters (lactones) is 1. The van der Waals surface area contributed by atoms with Gasteiger partial charge in [0.25, 0.3) is 0 Å². The first-order valence-corrected chi connectivity index (χ1v) is 6.19. The summed E-state index contributed by atoms with van der Waals surface area (Å²) in [7, 11) is 0. The molecule has 1 saturated heterocycles. The molecule has 1 aromatic carbocycles. The van der Waals surface area contributed by atoms with Crippen LogP contribution in [-0.2, 0) is 4.74 Å². The topological polar surface area (TPSA) is 29.5 Å². The molecule has 1 fully saturated rings. The van der Waals surface area contributed by atoms with Crippen LogP contribution in [0.3, 0.4) is 0 Å². The Bertz CT molecular complexity index is 497. The molecule has 0 N–H and O–H groups in total. The van der Waals surface area contributed by atoms with Crippen molar-refractivity contribution in [1.82, 2.24) is 0 Å². The van der Waals surface area contributed by atoms with Crippen LogP contribution in [0.5, 0.6) is 0 Å². The summed E-state index contributed by atoms with van der Waals surface area (Å²) in [6.07, 6.45) is -0.0142. The van der Waals surface area contributed by atoms with Crippen LogP contribution in [0.4, 0.5) is 19.3 Å². The van der Waals surface area contributed by atoms with E-state index in [2.05, 4.69) is 20.8 Å². The molecule has 104 valence electrons. The number of hydrogen-bond acceptors (Lipinski definition) is 2. The van der Waals surface area contributed by atoms with E-state index in [0.29, 0.717) is 12.2 Å². The smallest absolute Gasteiger partial charge is 0.414 e. The van der Waals surface area contributed by atoms with E-state index in [9.17, 15) is 13.6 Å². The number of hydrogen-bond donors (Lipinski definition) is 0. The van der Waals surface area contributed by atoms with Crippen molar-refractivity contribution in [1.29, 1.82) is 0 Å². The Hall–Kier alpha value is -1.65. The molecule has 1 aliphatic rings. The van der Waals surface area contributed by atoms with Gasteiger partial charge in [-0.05, 0) is 24.0 Å². The maximum absolute atomic E-state index is 13.2. The standard InChI is InChI=1S/C14H17F2NO2/c1-14(2,3)7-10-8-17(13(18)19-10)9-4-5-11(15)12(16)6-9/h4-6,10H,7-8H2,1-3H3/t10-/m1/s1. The molecule has 1 amide bonds. The molecular formula is C14H17F2NO2. The van der Waals surface area contributed by atoms with Crippen LogP contribution in [0, 0.1) is 17.0 Å². The molecule has 1 aliphatic heterocycles. The first-order chi connectivity index (χ1) is 8.76. The summed E-state index contributed by atoms with van der Waals surface area (Å²) in [5.74, 6) is -1.90. The molecule has 5 heteroatoms. The van der Waals surface area contributed by atoms with Crippen LogP contribution in [0.1, 0.15) is 27.2 Å². The highest BCUT2D eigenvalue weighted by molar-refractivity contribution is 5.89. The third-order valence-corrected chi connectivity index (χ3v) is 2.93. The van der Waals surface area contributed by atoms with Crippen molar-refractivity contribution < 1.29 is 18.3 Å². The van der Waals surface area contributed by atoms with E-state index < -0.39 is 17.7 Å². The van der Waals surface area contributed by atoms with Crippen molar-refractivity contribution in [3.8, 4) is 0 Å². The number of nitrogens with zero attached hydrogens (tertiary/aromatic N) is 1. The van der Waals surface area contributed by atoms with Gasteiger partial charge in [-0.15, -0.1) is 0 Å². The third kappa shape index (κ3) is 3.22. The lowest BCUT2D eigenvalue weighted by atomic mass is 9.89. The fourth-order valence-electron chi connectivity index (χ4n) is 2.17. The minimum absolute atomic E-state index is 0.0367. The third-order valence-electron chi connectivity index (χ3n) is 2.93. The maximum Gasteiger partial charge on any atom is 0.414 e. The fourth-order valence-corrected chi connectivity index (χ4v) is 2.17. The van der Waals surface area contributed by atoms with E-state index in [-0.39, 0.29) is 11.5 Å². The van der Waals surface area contributed by atoms with E-state index in [1.807, 2.05) is 0 Å².